The van der Waals surface area contributed by atoms with Crippen LogP contribution in [0.3, 0.4) is 0 Å². The number of carbonyl (C=O) groups is 2. The lowest BCUT2D eigenvalue weighted by atomic mass is 10.3. The molecule has 0 spiro atoms. The van der Waals surface area contributed by atoms with Crippen LogP contribution in [0.1, 0.15) is 0 Å². The number of carbonyl (C=O) groups excluding carboxylic acids is 2. The largest absolute Gasteiger partial charge is 0.341 e. The summed E-state index contributed by atoms with van der Waals surface area (Å²) in [6.45, 7) is 0. The molecule has 0 saturated heterocycles. The zero-order valence-electron chi connectivity index (χ0n) is 9.60. The average Bonchev–Trinajstić information content (AvgIpc) is 2.36. The molecule has 1 N–H and O–H groups in total. The Balaban J connectivity index is 2.79. The SMILES string of the molecule is CNC(=O)N(C)C(=O)N(C)c1ccccc1. The van der Waals surface area contributed by atoms with Crippen LogP contribution in [0.2, 0.25) is 0 Å². The Bertz CT molecular complexity index is 378. The van der Waals surface area contributed by atoms with Crippen LogP contribution in [0.4, 0.5) is 15.3 Å². The van der Waals surface area contributed by atoms with Gasteiger partial charge < -0.3 is 5.32 Å². The topological polar surface area (TPSA) is 52.7 Å². The summed E-state index contributed by atoms with van der Waals surface area (Å²) in [5, 5.41) is 2.39. The predicted octanol–water partition coefficient (Wildman–Crippen LogP) is 1.51. The summed E-state index contributed by atoms with van der Waals surface area (Å²) < 4.78 is 0. The highest BCUT2D eigenvalue weighted by Crippen LogP contribution is 2.12. The standard InChI is InChI=1S/C11H15N3O2/c1-12-10(15)14(3)11(16)13(2)9-7-5-4-6-8-9/h4-8H,1-3H3,(H,12,15). The third-order valence-electron chi connectivity index (χ3n) is 2.24. The van der Waals surface area contributed by atoms with Crippen molar-refractivity contribution in [2.24, 2.45) is 0 Å². The molecule has 0 unspecified atom stereocenters. The van der Waals surface area contributed by atoms with Crippen molar-refractivity contribution in [2.45, 2.75) is 0 Å². The van der Waals surface area contributed by atoms with Crippen molar-refractivity contribution < 1.29 is 9.59 Å². The monoisotopic (exact) mass is 221 g/mol. The van der Waals surface area contributed by atoms with Crippen molar-refractivity contribution in [3.05, 3.63) is 30.3 Å². The van der Waals surface area contributed by atoms with Gasteiger partial charge in [0, 0.05) is 26.8 Å². The molecular weight excluding hydrogens is 206 g/mol. The van der Waals surface area contributed by atoms with E-state index in [-0.39, 0.29) is 6.03 Å². The molecule has 4 amide bonds. The highest BCUT2D eigenvalue weighted by atomic mass is 16.2. The first-order valence-corrected chi connectivity index (χ1v) is 4.86. The van der Waals surface area contributed by atoms with E-state index in [2.05, 4.69) is 5.32 Å². The second-order valence-corrected chi connectivity index (χ2v) is 3.29. The number of para-hydroxylation sites is 1. The van der Waals surface area contributed by atoms with Gasteiger partial charge in [-0.3, -0.25) is 4.90 Å². The van der Waals surface area contributed by atoms with Crippen LogP contribution < -0.4 is 10.2 Å². The van der Waals surface area contributed by atoms with Crippen molar-refractivity contribution in [3.63, 3.8) is 0 Å². The molecule has 0 aliphatic rings. The minimum absolute atomic E-state index is 0.384. The number of benzene rings is 1. The van der Waals surface area contributed by atoms with E-state index >= 15 is 0 Å². The molecule has 0 aliphatic heterocycles. The van der Waals surface area contributed by atoms with Crippen molar-refractivity contribution in [1.82, 2.24) is 10.2 Å². The van der Waals surface area contributed by atoms with Gasteiger partial charge in [-0.05, 0) is 12.1 Å². The fourth-order valence-electron chi connectivity index (χ4n) is 1.24. The number of imide groups is 1. The minimum atomic E-state index is -0.437. The molecule has 0 radical (unpaired) electrons. The molecule has 0 aliphatic carbocycles. The highest BCUT2D eigenvalue weighted by molar-refractivity contribution is 6.01. The molecule has 0 bridgehead atoms. The van der Waals surface area contributed by atoms with Crippen molar-refractivity contribution in [1.29, 1.82) is 0 Å². The second-order valence-electron chi connectivity index (χ2n) is 3.29. The maximum atomic E-state index is 11.8. The maximum Gasteiger partial charge on any atom is 0.332 e. The van der Waals surface area contributed by atoms with Gasteiger partial charge in [0.1, 0.15) is 0 Å². The number of hydrogen-bond acceptors (Lipinski definition) is 2. The molecule has 5 heteroatoms. The van der Waals surface area contributed by atoms with Crippen LogP contribution in [-0.2, 0) is 0 Å². The Morgan fingerprint density at radius 2 is 1.69 bits per heavy atom. The summed E-state index contributed by atoms with van der Waals surface area (Å²) in [7, 11) is 4.53. The van der Waals surface area contributed by atoms with Crippen LogP contribution in [0.5, 0.6) is 0 Å². The number of urea groups is 2. The van der Waals surface area contributed by atoms with E-state index in [1.807, 2.05) is 18.2 Å². The summed E-state index contributed by atoms with van der Waals surface area (Å²) in [6.07, 6.45) is 0. The lowest BCUT2D eigenvalue weighted by Crippen LogP contribution is -2.45. The Kier molecular flexibility index (Phi) is 3.88. The quantitative estimate of drug-likeness (QED) is 0.781. The molecule has 1 rings (SSSR count). The summed E-state index contributed by atoms with van der Waals surface area (Å²) in [6, 6.07) is 8.31. The number of amides is 4. The summed E-state index contributed by atoms with van der Waals surface area (Å²) >= 11 is 0. The van der Waals surface area contributed by atoms with Crippen LogP contribution in [-0.4, -0.2) is 38.1 Å². The molecule has 0 aromatic heterocycles. The zero-order valence-corrected chi connectivity index (χ0v) is 9.60. The normalized spacial score (nSPS) is 9.44. The van der Waals surface area contributed by atoms with Crippen LogP contribution in [0, 0.1) is 0 Å². The smallest absolute Gasteiger partial charge is 0.332 e. The summed E-state index contributed by atoms with van der Waals surface area (Å²) in [5.41, 5.74) is 0.739. The van der Waals surface area contributed by atoms with Gasteiger partial charge in [0.2, 0.25) is 0 Å². The number of nitrogens with zero attached hydrogens (tertiary/aromatic N) is 2. The van der Waals surface area contributed by atoms with Gasteiger partial charge in [0.25, 0.3) is 0 Å². The minimum Gasteiger partial charge on any atom is -0.341 e. The first-order valence-electron chi connectivity index (χ1n) is 4.86. The zero-order chi connectivity index (χ0) is 12.1. The molecule has 16 heavy (non-hydrogen) atoms. The van der Waals surface area contributed by atoms with Gasteiger partial charge >= 0.3 is 12.1 Å². The van der Waals surface area contributed by atoms with E-state index in [9.17, 15) is 9.59 Å². The molecule has 0 heterocycles. The van der Waals surface area contributed by atoms with Gasteiger partial charge in [-0.2, -0.15) is 0 Å². The van der Waals surface area contributed by atoms with Gasteiger partial charge in [-0.1, -0.05) is 18.2 Å². The van der Waals surface area contributed by atoms with Gasteiger partial charge in [0.05, 0.1) is 0 Å². The Labute approximate surface area is 94.6 Å². The molecule has 0 saturated carbocycles. The molecule has 86 valence electrons. The fourth-order valence-corrected chi connectivity index (χ4v) is 1.24. The van der Waals surface area contributed by atoms with Crippen molar-refractivity contribution in [2.75, 3.05) is 26.0 Å². The van der Waals surface area contributed by atoms with Crippen LogP contribution in [0.15, 0.2) is 30.3 Å². The van der Waals surface area contributed by atoms with Crippen LogP contribution >= 0.6 is 0 Å². The average molecular weight is 221 g/mol. The Hall–Kier alpha value is -2.04. The summed E-state index contributed by atoms with van der Waals surface area (Å²) in [5.74, 6) is 0. The number of hydrogen-bond donors (Lipinski definition) is 1. The Morgan fingerprint density at radius 3 is 2.19 bits per heavy atom. The lowest BCUT2D eigenvalue weighted by Gasteiger charge is -2.23. The molecule has 1 aromatic rings. The van der Waals surface area contributed by atoms with Crippen molar-refractivity contribution in [3.8, 4) is 0 Å². The van der Waals surface area contributed by atoms with E-state index in [1.165, 1.54) is 19.0 Å². The summed E-state index contributed by atoms with van der Waals surface area (Å²) in [4.78, 5) is 25.5. The first kappa shape index (κ1) is 12.0. The molecular formula is C11H15N3O2. The Morgan fingerprint density at radius 1 is 1.12 bits per heavy atom. The van der Waals surface area contributed by atoms with E-state index in [1.54, 1.807) is 19.2 Å². The van der Waals surface area contributed by atoms with Gasteiger partial charge in [-0.15, -0.1) is 0 Å². The van der Waals surface area contributed by atoms with Crippen LogP contribution in [0.25, 0.3) is 0 Å². The van der Waals surface area contributed by atoms with Gasteiger partial charge in [0.15, 0.2) is 0 Å². The van der Waals surface area contributed by atoms with Crippen molar-refractivity contribution >= 4 is 17.7 Å². The number of anilines is 1. The van der Waals surface area contributed by atoms with E-state index in [4.69, 9.17) is 0 Å². The maximum absolute atomic E-state index is 11.8. The highest BCUT2D eigenvalue weighted by Gasteiger charge is 2.20. The number of nitrogens with one attached hydrogen (secondary N) is 1. The fraction of sp³-hybridized carbons (Fsp3) is 0.273. The molecule has 5 nitrogen and oxygen atoms in total. The first-order chi connectivity index (χ1) is 7.57. The third-order valence-corrected chi connectivity index (χ3v) is 2.24. The molecule has 1 aromatic carbocycles. The third kappa shape index (κ3) is 2.50. The molecule has 0 fully saturated rings. The predicted molar refractivity (Wildman–Crippen MR) is 62.5 cm³/mol. The van der Waals surface area contributed by atoms with E-state index in [0.717, 1.165) is 10.6 Å². The number of rotatable bonds is 1. The van der Waals surface area contributed by atoms with Gasteiger partial charge in [-0.25, -0.2) is 14.5 Å². The van der Waals surface area contributed by atoms with E-state index < -0.39 is 6.03 Å². The second kappa shape index (κ2) is 5.16. The molecule has 0 atom stereocenters. The lowest BCUT2D eigenvalue weighted by molar-refractivity contribution is 0.200. The van der Waals surface area contributed by atoms with E-state index in [0.29, 0.717) is 0 Å².